The third kappa shape index (κ3) is 4.25. The molecule has 1 aliphatic carbocycles. The zero-order valence-corrected chi connectivity index (χ0v) is 22.2. The minimum Gasteiger partial charge on any atom is -0.468 e. The molecule has 2 heterocycles. The monoisotopic (exact) mass is 510 g/mol. The average molecular weight is 511 g/mol. The number of benzene rings is 1. The molecule has 0 unspecified atom stereocenters. The molecule has 0 saturated heterocycles. The van der Waals surface area contributed by atoms with E-state index in [2.05, 4.69) is 13.0 Å². The fraction of sp³-hybridized carbons (Fsp3) is 0.393. The van der Waals surface area contributed by atoms with Crippen molar-refractivity contribution in [3.8, 4) is 20.9 Å². The lowest BCUT2D eigenvalue weighted by molar-refractivity contribution is -0.168. The lowest BCUT2D eigenvalue weighted by Gasteiger charge is -2.22. The summed E-state index contributed by atoms with van der Waals surface area (Å²) in [5.74, 6) is -1.13. The molecule has 4 rings (SSSR count). The molecule has 1 aliphatic rings. The first-order chi connectivity index (χ1) is 16.9. The molecule has 35 heavy (non-hydrogen) atoms. The van der Waals surface area contributed by atoms with E-state index in [0.29, 0.717) is 6.42 Å². The highest BCUT2D eigenvalue weighted by Gasteiger charge is 2.54. The van der Waals surface area contributed by atoms with Crippen LogP contribution in [0.4, 0.5) is 0 Å². The molecule has 0 radical (unpaired) electrons. The van der Waals surface area contributed by atoms with Gasteiger partial charge >= 0.3 is 11.9 Å². The zero-order chi connectivity index (χ0) is 25.2. The highest BCUT2D eigenvalue weighted by Crippen LogP contribution is 2.52. The number of thiophene rings is 2. The number of ether oxygens (including phenoxy) is 2. The number of esters is 2. The summed E-state index contributed by atoms with van der Waals surface area (Å²) in [4.78, 5) is 41.9. The van der Waals surface area contributed by atoms with Crippen molar-refractivity contribution in [3.63, 3.8) is 0 Å². The summed E-state index contributed by atoms with van der Waals surface area (Å²) in [6, 6.07) is 8.02. The molecule has 0 saturated carbocycles. The Bertz CT molecular complexity index is 1220. The van der Waals surface area contributed by atoms with Crippen molar-refractivity contribution in [1.82, 2.24) is 0 Å². The van der Waals surface area contributed by atoms with E-state index in [9.17, 15) is 14.4 Å². The fourth-order valence-electron chi connectivity index (χ4n) is 5.23. The Labute approximate surface area is 214 Å². The average Bonchev–Trinajstić information content (AvgIpc) is 3.66. The van der Waals surface area contributed by atoms with Crippen LogP contribution in [0.25, 0.3) is 20.9 Å². The first kappa shape index (κ1) is 25.3. The van der Waals surface area contributed by atoms with Crippen LogP contribution in [0.5, 0.6) is 0 Å². The van der Waals surface area contributed by atoms with Crippen molar-refractivity contribution in [2.45, 2.75) is 52.4 Å². The van der Waals surface area contributed by atoms with Gasteiger partial charge < -0.3 is 9.47 Å². The van der Waals surface area contributed by atoms with Gasteiger partial charge in [0.25, 0.3) is 0 Å². The summed E-state index contributed by atoms with van der Waals surface area (Å²) < 4.78 is 10.3. The molecule has 2 aromatic heterocycles. The first-order valence-corrected chi connectivity index (χ1v) is 13.7. The van der Waals surface area contributed by atoms with E-state index in [0.717, 1.165) is 62.4 Å². The summed E-state index contributed by atoms with van der Waals surface area (Å²) in [5, 5.41) is 4.01. The number of fused-ring (bicyclic) bond motifs is 1. The number of hydrogen-bond acceptors (Lipinski definition) is 7. The van der Waals surface area contributed by atoms with Crippen molar-refractivity contribution >= 4 is 40.4 Å². The van der Waals surface area contributed by atoms with E-state index in [-0.39, 0.29) is 18.6 Å². The van der Waals surface area contributed by atoms with E-state index >= 15 is 0 Å². The second-order valence-corrected chi connectivity index (χ2v) is 10.7. The van der Waals surface area contributed by atoms with Crippen LogP contribution >= 0.6 is 22.7 Å². The summed E-state index contributed by atoms with van der Waals surface area (Å²) >= 11 is 3.17. The normalized spacial score (nSPS) is 13.9. The number of ketones is 1. The van der Waals surface area contributed by atoms with Gasteiger partial charge in [0, 0.05) is 40.1 Å². The smallest absolute Gasteiger partial charge is 0.323 e. The summed E-state index contributed by atoms with van der Waals surface area (Å²) in [5.41, 5.74) is 3.97. The summed E-state index contributed by atoms with van der Waals surface area (Å²) in [6.07, 6.45) is 3.38. The van der Waals surface area contributed by atoms with Gasteiger partial charge in [-0.3, -0.25) is 14.4 Å². The van der Waals surface area contributed by atoms with Crippen molar-refractivity contribution in [2.24, 2.45) is 5.41 Å². The van der Waals surface area contributed by atoms with Gasteiger partial charge in [-0.15, -0.1) is 22.7 Å². The number of unbranched alkanes of at least 4 members (excludes halogenated alkanes) is 1. The van der Waals surface area contributed by atoms with E-state index in [1.165, 1.54) is 14.2 Å². The molecule has 0 spiro atoms. The maximum absolute atomic E-state index is 13.6. The number of hydrogen-bond donors (Lipinski definition) is 0. The maximum atomic E-state index is 13.6. The molecule has 0 amide bonds. The second kappa shape index (κ2) is 10.5. The molecule has 0 atom stereocenters. The third-order valence-corrected chi connectivity index (χ3v) is 8.62. The fourth-order valence-corrected chi connectivity index (χ4v) is 6.86. The van der Waals surface area contributed by atoms with Gasteiger partial charge in [0.05, 0.1) is 14.2 Å². The van der Waals surface area contributed by atoms with E-state index < -0.39 is 17.4 Å². The van der Waals surface area contributed by atoms with Crippen LogP contribution in [0.1, 0.15) is 60.2 Å². The number of methoxy groups -OCH3 is 2. The van der Waals surface area contributed by atoms with Gasteiger partial charge in [-0.25, -0.2) is 0 Å². The Morgan fingerprint density at radius 2 is 1.43 bits per heavy atom. The Kier molecular flexibility index (Phi) is 7.57. The maximum Gasteiger partial charge on any atom is 0.323 e. The highest BCUT2D eigenvalue weighted by molar-refractivity contribution is 7.14. The predicted octanol–water partition coefficient (Wildman–Crippen LogP) is 6.51. The second-order valence-electron chi connectivity index (χ2n) is 8.81. The Morgan fingerprint density at radius 3 is 1.89 bits per heavy atom. The summed E-state index contributed by atoms with van der Waals surface area (Å²) in [7, 11) is 2.60. The van der Waals surface area contributed by atoms with Crippen molar-refractivity contribution in [3.05, 3.63) is 57.3 Å². The van der Waals surface area contributed by atoms with Crippen LogP contribution in [0.2, 0.25) is 0 Å². The minimum absolute atomic E-state index is 0.0775. The number of carbonyl (C=O) groups is 3. The highest BCUT2D eigenvalue weighted by atomic mass is 32.1. The van der Waals surface area contributed by atoms with Crippen molar-refractivity contribution in [2.75, 3.05) is 14.2 Å². The van der Waals surface area contributed by atoms with E-state index in [1.807, 2.05) is 35.9 Å². The van der Waals surface area contributed by atoms with Gasteiger partial charge in [-0.2, -0.15) is 0 Å². The largest absolute Gasteiger partial charge is 0.468 e. The Morgan fingerprint density at radius 1 is 0.886 bits per heavy atom. The Balaban J connectivity index is 2.15. The molecule has 5 nitrogen and oxygen atoms in total. The van der Waals surface area contributed by atoms with Gasteiger partial charge in [0.1, 0.15) is 0 Å². The first-order valence-electron chi connectivity index (χ1n) is 11.9. The van der Waals surface area contributed by atoms with Gasteiger partial charge in [-0.1, -0.05) is 32.4 Å². The van der Waals surface area contributed by atoms with Crippen molar-refractivity contribution in [1.29, 1.82) is 0 Å². The van der Waals surface area contributed by atoms with Gasteiger partial charge in [0.2, 0.25) is 0 Å². The van der Waals surface area contributed by atoms with Gasteiger partial charge in [0.15, 0.2) is 11.2 Å². The van der Waals surface area contributed by atoms with Crippen LogP contribution in [0.3, 0.4) is 0 Å². The molecule has 7 heteroatoms. The molecule has 1 aromatic carbocycles. The molecule has 3 aromatic rings. The summed E-state index contributed by atoms with van der Waals surface area (Å²) in [6.45, 7) is 4.02. The molecular weight excluding hydrogens is 480 g/mol. The Hall–Kier alpha value is -2.77. The lowest BCUT2D eigenvalue weighted by atomic mass is 9.82. The molecule has 0 aliphatic heterocycles. The number of carbonyl (C=O) groups excluding carboxylic acids is 3. The van der Waals surface area contributed by atoms with Gasteiger partial charge in [-0.05, 0) is 58.0 Å². The molecule has 0 N–H and O–H groups in total. The topological polar surface area (TPSA) is 69.7 Å². The van der Waals surface area contributed by atoms with Crippen LogP contribution in [-0.4, -0.2) is 31.9 Å². The van der Waals surface area contributed by atoms with Crippen LogP contribution in [-0.2, 0) is 38.3 Å². The molecule has 0 fully saturated rings. The number of rotatable bonds is 9. The SMILES string of the molecule is CCCCc1c(C(=O)CC)c(-c2cccs2)c2c(c1-c1cccs1)CC(C(=O)OC)(C(=O)OC)C2. The van der Waals surface area contributed by atoms with Crippen molar-refractivity contribution < 1.29 is 23.9 Å². The third-order valence-electron chi connectivity index (χ3n) is 6.85. The quantitative estimate of drug-likeness (QED) is 0.186. The molecular formula is C28H30O5S2. The molecule has 184 valence electrons. The van der Waals surface area contributed by atoms with Crippen LogP contribution < -0.4 is 0 Å². The van der Waals surface area contributed by atoms with E-state index in [1.54, 1.807) is 22.7 Å². The molecule has 0 bridgehead atoms. The number of Topliss-reactive ketones (excluding diaryl/α,β-unsaturated/α-hetero) is 1. The standard InChI is InChI=1S/C28H30O5S2/c1-5-7-10-17-23(21-11-8-13-34-21)18-15-28(26(30)32-3,27(31)33-4)16-19(18)25(22-12-9-14-35-22)24(17)20(29)6-2/h8-9,11-14H,5-7,10,15-16H2,1-4H3. The zero-order valence-electron chi connectivity index (χ0n) is 20.6. The predicted molar refractivity (Wildman–Crippen MR) is 140 cm³/mol. The lowest BCUT2D eigenvalue weighted by Crippen LogP contribution is -2.42. The van der Waals surface area contributed by atoms with Crippen LogP contribution in [0.15, 0.2) is 35.0 Å². The van der Waals surface area contributed by atoms with Crippen LogP contribution in [0, 0.1) is 5.41 Å². The van der Waals surface area contributed by atoms with E-state index in [4.69, 9.17) is 9.47 Å². The minimum atomic E-state index is -1.47.